The van der Waals surface area contributed by atoms with Crippen LogP contribution in [0.4, 0.5) is 4.39 Å². The molecule has 6 nitrogen and oxygen atoms in total. The van der Waals surface area contributed by atoms with E-state index in [1.54, 1.807) is 10.6 Å². The Balaban J connectivity index is 1.81. The van der Waals surface area contributed by atoms with Crippen molar-refractivity contribution in [2.45, 2.75) is 53.0 Å². The molecule has 0 bridgehead atoms. The van der Waals surface area contributed by atoms with Crippen molar-refractivity contribution in [2.24, 2.45) is 5.41 Å². The number of ketones is 1. The third-order valence-electron chi connectivity index (χ3n) is 6.66. The molecule has 176 valence electrons. The number of aryl methyl sites for hydroxylation is 1. The SMILES string of the molecule is Cc1cccc(-n2c(=O)n(C(C)C)c3cc(C(=O)CC4(C)CCS(=O)(=O)CC4)c(F)cc32)c1. The maximum absolute atomic E-state index is 15.2. The van der Waals surface area contributed by atoms with Crippen molar-refractivity contribution in [3.63, 3.8) is 0 Å². The molecule has 0 amide bonds. The Labute approximate surface area is 193 Å². The molecular formula is C25H29FN2O4S. The molecule has 1 aliphatic rings. The minimum atomic E-state index is -3.06. The van der Waals surface area contributed by atoms with E-state index in [1.807, 2.05) is 45.9 Å². The first-order valence-electron chi connectivity index (χ1n) is 11.2. The summed E-state index contributed by atoms with van der Waals surface area (Å²) in [6.07, 6.45) is 0.826. The fraction of sp³-hybridized carbons (Fsp3) is 0.440. The summed E-state index contributed by atoms with van der Waals surface area (Å²) in [6, 6.07) is 9.97. The Bertz CT molecular complexity index is 1400. The predicted molar refractivity (Wildman–Crippen MR) is 128 cm³/mol. The van der Waals surface area contributed by atoms with E-state index in [9.17, 15) is 18.0 Å². The molecular weight excluding hydrogens is 443 g/mol. The van der Waals surface area contributed by atoms with Crippen molar-refractivity contribution in [1.29, 1.82) is 0 Å². The summed E-state index contributed by atoms with van der Waals surface area (Å²) >= 11 is 0. The number of hydrogen-bond acceptors (Lipinski definition) is 4. The van der Waals surface area contributed by atoms with Gasteiger partial charge in [0.05, 0.1) is 33.8 Å². The molecule has 0 unspecified atom stereocenters. The molecule has 2 heterocycles. The van der Waals surface area contributed by atoms with Gasteiger partial charge < -0.3 is 0 Å². The summed E-state index contributed by atoms with van der Waals surface area (Å²) in [5.41, 5.74) is 1.67. The second kappa shape index (κ2) is 8.24. The molecule has 3 aromatic rings. The summed E-state index contributed by atoms with van der Waals surface area (Å²) in [7, 11) is -3.06. The number of aromatic nitrogens is 2. The van der Waals surface area contributed by atoms with Gasteiger partial charge in [0.25, 0.3) is 0 Å². The molecule has 0 spiro atoms. The van der Waals surface area contributed by atoms with Crippen LogP contribution in [0.3, 0.4) is 0 Å². The summed E-state index contributed by atoms with van der Waals surface area (Å²) in [6.45, 7) is 7.55. The number of sulfone groups is 1. The topological polar surface area (TPSA) is 78.1 Å². The van der Waals surface area contributed by atoms with Crippen molar-refractivity contribution >= 4 is 26.7 Å². The monoisotopic (exact) mass is 472 g/mol. The molecule has 1 fully saturated rings. The van der Waals surface area contributed by atoms with Gasteiger partial charge in [0.15, 0.2) is 5.78 Å². The number of hydrogen-bond donors (Lipinski definition) is 0. The lowest BCUT2D eigenvalue weighted by Crippen LogP contribution is -2.33. The van der Waals surface area contributed by atoms with Crippen molar-refractivity contribution in [2.75, 3.05) is 11.5 Å². The van der Waals surface area contributed by atoms with E-state index in [0.29, 0.717) is 29.6 Å². The number of carbonyl (C=O) groups excluding carboxylic acids is 1. The second-order valence-corrected chi connectivity index (χ2v) is 12.1. The second-order valence-electron chi connectivity index (χ2n) is 9.80. The van der Waals surface area contributed by atoms with Gasteiger partial charge in [0, 0.05) is 18.5 Å². The molecule has 2 aromatic carbocycles. The first kappa shape index (κ1) is 23.4. The fourth-order valence-electron chi connectivity index (χ4n) is 4.66. The van der Waals surface area contributed by atoms with E-state index in [-0.39, 0.29) is 41.0 Å². The number of rotatable bonds is 5. The Morgan fingerprint density at radius 3 is 2.39 bits per heavy atom. The van der Waals surface area contributed by atoms with Crippen LogP contribution in [-0.4, -0.2) is 34.8 Å². The molecule has 0 atom stereocenters. The summed E-state index contributed by atoms with van der Waals surface area (Å²) < 4.78 is 41.9. The number of carbonyl (C=O) groups is 1. The largest absolute Gasteiger partial charge is 0.333 e. The lowest BCUT2D eigenvalue weighted by molar-refractivity contribution is 0.0907. The number of Topliss-reactive ketones (excluding diaryl/α,β-unsaturated/α-hetero) is 1. The standard InChI is InChI=1S/C25H29FN2O4S/c1-16(2)27-21-13-19(23(29)15-25(4)8-10-33(31,32)11-9-25)20(26)14-22(21)28(24(27)30)18-7-5-6-17(3)12-18/h5-7,12-14,16H,8-11,15H2,1-4H3. The van der Waals surface area contributed by atoms with E-state index >= 15 is 4.39 Å². The molecule has 0 N–H and O–H groups in total. The number of fused-ring (bicyclic) bond motifs is 1. The van der Waals surface area contributed by atoms with Crippen LogP contribution in [-0.2, 0) is 9.84 Å². The van der Waals surface area contributed by atoms with Crippen LogP contribution in [0.1, 0.15) is 62.0 Å². The van der Waals surface area contributed by atoms with E-state index < -0.39 is 21.1 Å². The lowest BCUT2D eigenvalue weighted by Gasteiger charge is -2.32. The van der Waals surface area contributed by atoms with E-state index in [1.165, 1.54) is 16.7 Å². The maximum Gasteiger partial charge on any atom is 0.333 e. The first-order valence-corrected chi connectivity index (χ1v) is 13.0. The van der Waals surface area contributed by atoms with Gasteiger partial charge in [-0.15, -0.1) is 0 Å². The smallest absolute Gasteiger partial charge is 0.294 e. The van der Waals surface area contributed by atoms with Crippen molar-refractivity contribution in [3.8, 4) is 5.69 Å². The highest BCUT2D eigenvalue weighted by Gasteiger charge is 2.36. The number of imidazole rings is 1. The number of halogens is 1. The Morgan fingerprint density at radius 2 is 1.79 bits per heavy atom. The van der Waals surface area contributed by atoms with Crippen molar-refractivity contribution in [3.05, 3.63) is 63.8 Å². The van der Waals surface area contributed by atoms with Gasteiger partial charge in [0.2, 0.25) is 0 Å². The van der Waals surface area contributed by atoms with E-state index in [0.717, 1.165) is 5.56 Å². The maximum atomic E-state index is 15.2. The van der Waals surface area contributed by atoms with Gasteiger partial charge in [-0.25, -0.2) is 17.6 Å². The number of nitrogens with zero attached hydrogens (tertiary/aromatic N) is 2. The Morgan fingerprint density at radius 1 is 1.12 bits per heavy atom. The van der Waals surface area contributed by atoms with Gasteiger partial charge in [-0.1, -0.05) is 19.1 Å². The van der Waals surface area contributed by atoms with E-state index in [4.69, 9.17) is 0 Å². The van der Waals surface area contributed by atoms with Crippen molar-refractivity contribution < 1.29 is 17.6 Å². The number of benzene rings is 2. The zero-order valence-corrected chi connectivity index (χ0v) is 20.2. The van der Waals surface area contributed by atoms with Gasteiger partial charge in [0.1, 0.15) is 15.7 Å². The minimum Gasteiger partial charge on any atom is -0.294 e. The zero-order valence-electron chi connectivity index (χ0n) is 19.4. The molecule has 0 saturated carbocycles. The predicted octanol–water partition coefficient (Wildman–Crippen LogP) is 4.61. The normalized spacial score (nSPS) is 17.5. The van der Waals surface area contributed by atoms with Crippen LogP contribution in [0, 0.1) is 18.2 Å². The van der Waals surface area contributed by atoms with Crippen LogP contribution >= 0.6 is 0 Å². The molecule has 0 radical (unpaired) electrons. The minimum absolute atomic E-state index is 0.0462. The molecule has 33 heavy (non-hydrogen) atoms. The van der Waals surface area contributed by atoms with Crippen LogP contribution in [0.2, 0.25) is 0 Å². The zero-order chi connectivity index (χ0) is 24.1. The summed E-state index contributed by atoms with van der Waals surface area (Å²) in [5.74, 6) is -0.959. The highest BCUT2D eigenvalue weighted by atomic mass is 32.2. The van der Waals surface area contributed by atoms with Crippen LogP contribution in [0.25, 0.3) is 16.7 Å². The summed E-state index contributed by atoms with van der Waals surface area (Å²) in [4.78, 5) is 26.5. The lowest BCUT2D eigenvalue weighted by atomic mass is 9.78. The van der Waals surface area contributed by atoms with Gasteiger partial charge >= 0.3 is 5.69 Å². The average molecular weight is 473 g/mol. The fourth-order valence-corrected chi connectivity index (χ4v) is 6.47. The van der Waals surface area contributed by atoms with Gasteiger partial charge in [-0.2, -0.15) is 0 Å². The van der Waals surface area contributed by atoms with Gasteiger partial charge in [-0.3, -0.25) is 13.9 Å². The highest BCUT2D eigenvalue weighted by Crippen LogP contribution is 2.37. The average Bonchev–Trinajstić information content (AvgIpc) is 3.00. The third-order valence-corrected chi connectivity index (χ3v) is 8.31. The van der Waals surface area contributed by atoms with Crippen LogP contribution in [0.15, 0.2) is 41.2 Å². The Kier molecular flexibility index (Phi) is 5.85. The third kappa shape index (κ3) is 4.40. The first-order chi connectivity index (χ1) is 15.4. The molecule has 4 rings (SSSR count). The summed E-state index contributed by atoms with van der Waals surface area (Å²) in [5, 5.41) is 0. The Hall–Kier alpha value is -2.74. The molecule has 1 aliphatic heterocycles. The van der Waals surface area contributed by atoms with Gasteiger partial charge in [-0.05, 0) is 62.8 Å². The quantitative estimate of drug-likeness (QED) is 0.508. The van der Waals surface area contributed by atoms with Crippen LogP contribution in [0.5, 0.6) is 0 Å². The molecule has 0 aliphatic carbocycles. The van der Waals surface area contributed by atoms with E-state index in [2.05, 4.69) is 0 Å². The highest BCUT2D eigenvalue weighted by molar-refractivity contribution is 7.91. The molecule has 8 heteroatoms. The molecule has 1 saturated heterocycles. The molecule has 1 aromatic heterocycles. The van der Waals surface area contributed by atoms with Crippen molar-refractivity contribution in [1.82, 2.24) is 9.13 Å². The van der Waals surface area contributed by atoms with Crippen LogP contribution < -0.4 is 5.69 Å².